The lowest BCUT2D eigenvalue weighted by Gasteiger charge is -2.32. The topological polar surface area (TPSA) is 115 Å². The van der Waals surface area contributed by atoms with Crippen molar-refractivity contribution in [2.75, 3.05) is 13.1 Å². The maximum absolute atomic E-state index is 12.6. The Morgan fingerprint density at radius 3 is 2.37 bits per heavy atom. The van der Waals surface area contributed by atoms with Crippen molar-refractivity contribution in [3.8, 4) is 0 Å². The summed E-state index contributed by atoms with van der Waals surface area (Å²) in [6.45, 7) is 3.56. The number of hydrogen-bond donors (Lipinski definition) is 1. The molecule has 2 heterocycles. The van der Waals surface area contributed by atoms with Crippen LogP contribution in [0.15, 0.2) is 46.1 Å². The number of sulfonamides is 1. The average molecular weight is 390 g/mol. The summed E-state index contributed by atoms with van der Waals surface area (Å²) in [5.41, 5.74) is 1.11. The minimum atomic E-state index is -3.77. The van der Waals surface area contributed by atoms with Crippen molar-refractivity contribution >= 4 is 15.9 Å². The van der Waals surface area contributed by atoms with Crippen molar-refractivity contribution < 1.29 is 13.2 Å². The third-order valence-electron chi connectivity index (χ3n) is 4.76. The van der Waals surface area contributed by atoms with Crippen LogP contribution in [0.25, 0.3) is 0 Å². The summed E-state index contributed by atoms with van der Waals surface area (Å²) in [6.07, 6.45) is 1.56. The molecular weight excluding hydrogens is 368 g/mol. The Labute approximate surface area is 157 Å². The molecule has 2 aromatic rings. The zero-order valence-electron chi connectivity index (χ0n) is 15.0. The van der Waals surface area contributed by atoms with E-state index in [1.54, 1.807) is 11.0 Å². The fourth-order valence-corrected chi connectivity index (χ4v) is 3.73. The molecule has 144 valence electrons. The number of carbonyl (C=O) groups is 1. The first-order chi connectivity index (χ1) is 12.7. The zero-order chi connectivity index (χ0) is 19.6. The average Bonchev–Trinajstić information content (AvgIpc) is 2.64. The molecule has 0 unspecified atom stereocenters. The van der Waals surface area contributed by atoms with Gasteiger partial charge in [-0.3, -0.25) is 9.59 Å². The number of likely N-dealkylation sites (tertiary alicyclic amines) is 1. The molecule has 8 nitrogen and oxygen atoms in total. The number of aryl methyl sites for hydroxylation is 1. The van der Waals surface area contributed by atoms with E-state index in [1.807, 2.05) is 6.92 Å². The Balaban J connectivity index is 1.61. The molecule has 1 aromatic carbocycles. The van der Waals surface area contributed by atoms with E-state index in [-0.39, 0.29) is 22.3 Å². The lowest BCUT2D eigenvalue weighted by atomic mass is 9.96. The second-order valence-corrected chi connectivity index (χ2v) is 8.36. The van der Waals surface area contributed by atoms with Crippen LogP contribution in [0.2, 0.25) is 0 Å². The van der Waals surface area contributed by atoms with Crippen LogP contribution in [0.1, 0.15) is 28.9 Å². The highest BCUT2D eigenvalue weighted by atomic mass is 32.2. The Morgan fingerprint density at radius 2 is 1.78 bits per heavy atom. The molecule has 0 radical (unpaired) electrons. The molecule has 1 amide bonds. The summed E-state index contributed by atoms with van der Waals surface area (Å²) in [7, 11) is -3.77. The molecule has 1 fully saturated rings. The van der Waals surface area contributed by atoms with Crippen molar-refractivity contribution in [3.63, 3.8) is 0 Å². The number of nitrogens with zero attached hydrogens (tertiary/aromatic N) is 3. The minimum absolute atomic E-state index is 0.0196. The standard InChI is InChI=1S/C18H22N4O4S/c1-13-2-7-17(23)22(20-13)12-14-8-10-21(11-9-14)18(24)15-3-5-16(6-4-15)27(19,25)26/h2-7,14H,8-12H2,1H3,(H2,19,25,26). The molecule has 0 saturated carbocycles. The largest absolute Gasteiger partial charge is 0.339 e. The summed E-state index contributed by atoms with van der Waals surface area (Å²) < 4.78 is 24.1. The zero-order valence-corrected chi connectivity index (χ0v) is 15.9. The highest BCUT2D eigenvalue weighted by Crippen LogP contribution is 2.20. The normalized spacial score (nSPS) is 15.7. The van der Waals surface area contributed by atoms with Gasteiger partial charge in [0.15, 0.2) is 0 Å². The van der Waals surface area contributed by atoms with Crippen LogP contribution in [-0.2, 0) is 16.6 Å². The van der Waals surface area contributed by atoms with Gasteiger partial charge in [-0.05, 0) is 56.0 Å². The van der Waals surface area contributed by atoms with E-state index in [4.69, 9.17) is 5.14 Å². The van der Waals surface area contributed by atoms with Gasteiger partial charge in [-0.15, -0.1) is 0 Å². The summed E-state index contributed by atoms with van der Waals surface area (Å²) in [5.74, 6) is 0.145. The van der Waals surface area contributed by atoms with Gasteiger partial charge < -0.3 is 4.90 Å². The van der Waals surface area contributed by atoms with Gasteiger partial charge in [0.2, 0.25) is 10.0 Å². The second kappa shape index (κ2) is 7.61. The smallest absolute Gasteiger partial charge is 0.266 e. The van der Waals surface area contributed by atoms with E-state index in [9.17, 15) is 18.0 Å². The summed E-state index contributed by atoms with van der Waals surface area (Å²) in [5, 5.41) is 9.33. The van der Waals surface area contributed by atoms with Crippen molar-refractivity contribution in [1.29, 1.82) is 0 Å². The molecule has 1 aromatic heterocycles. The van der Waals surface area contributed by atoms with Gasteiger partial charge in [-0.1, -0.05) is 0 Å². The molecule has 1 saturated heterocycles. The summed E-state index contributed by atoms with van der Waals surface area (Å²) in [6, 6.07) is 8.85. The van der Waals surface area contributed by atoms with Gasteiger partial charge in [0.1, 0.15) is 0 Å². The number of primary sulfonamides is 1. The number of carbonyl (C=O) groups excluding carboxylic acids is 1. The highest BCUT2D eigenvalue weighted by Gasteiger charge is 2.24. The summed E-state index contributed by atoms with van der Waals surface area (Å²) in [4.78, 5) is 26.2. The van der Waals surface area contributed by atoms with Crippen LogP contribution in [0.3, 0.4) is 0 Å². The monoisotopic (exact) mass is 390 g/mol. The van der Waals surface area contributed by atoms with Gasteiger partial charge >= 0.3 is 0 Å². The number of rotatable bonds is 4. The molecule has 0 aliphatic carbocycles. The predicted molar refractivity (Wildman–Crippen MR) is 99.7 cm³/mol. The molecule has 0 bridgehead atoms. The number of hydrogen-bond acceptors (Lipinski definition) is 5. The van der Waals surface area contributed by atoms with Crippen molar-refractivity contribution in [3.05, 3.63) is 58.0 Å². The molecule has 9 heteroatoms. The maximum Gasteiger partial charge on any atom is 0.266 e. The molecule has 0 atom stereocenters. The number of aromatic nitrogens is 2. The summed E-state index contributed by atoms with van der Waals surface area (Å²) >= 11 is 0. The van der Waals surface area contributed by atoms with Gasteiger partial charge in [0.25, 0.3) is 11.5 Å². The van der Waals surface area contributed by atoms with Crippen molar-refractivity contribution in [2.24, 2.45) is 11.1 Å². The van der Waals surface area contributed by atoms with E-state index in [1.165, 1.54) is 35.0 Å². The third kappa shape index (κ3) is 4.61. The van der Waals surface area contributed by atoms with Crippen LogP contribution in [0, 0.1) is 12.8 Å². The Morgan fingerprint density at radius 1 is 1.15 bits per heavy atom. The fraction of sp³-hybridized carbons (Fsp3) is 0.389. The van der Waals surface area contributed by atoms with Gasteiger partial charge in [0.05, 0.1) is 10.6 Å². The van der Waals surface area contributed by atoms with Crippen LogP contribution >= 0.6 is 0 Å². The Bertz CT molecular complexity index is 991. The third-order valence-corrected chi connectivity index (χ3v) is 5.69. The predicted octanol–water partition coefficient (Wildman–Crippen LogP) is 0.752. The second-order valence-electron chi connectivity index (χ2n) is 6.80. The molecule has 3 rings (SSSR count). The van der Waals surface area contributed by atoms with Crippen molar-refractivity contribution in [2.45, 2.75) is 31.2 Å². The molecule has 1 aliphatic heterocycles. The van der Waals surface area contributed by atoms with E-state index >= 15 is 0 Å². The Kier molecular flexibility index (Phi) is 5.43. The number of nitrogens with two attached hydrogens (primary N) is 1. The number of amides is 1. The lowest BCUT2D eigenvalue weighted by molar-refractivity contribution is 0.0680. The lowest BCUT2D eigenvalue weighted by Crippen LogP contribution is -2.40. The Hall–Kier alpha value is -2.52. The van der Waals surface area contributed by atoms with Crippen molar-refractivity contribution in [1.82, 2.24) is 14.7 Å². The fourth-order valence-electron chi connectivity index (χ4n) is 3.21. The minimum Gasteiger partial charge on any atom is -0.339 e. The van der Waals surface area contributed by atoms with E-state index in [2.05, 4.69) is 5.10 Å². The first kappa shape index (κ1) is 19.2. The van der Waals surface area contributed by atoms with Gasteiger partial charge in [-0.25, -0.2) is 18.2 Å². The van der Waals surface area contributed by atoms with Crippen LogP contribution in [0.5, 0.6) is 0 Å². The van der Waals surface area contributed by atoms with E-state index in [0.717, 1.165) is 18.5 Å². The number of benzene rings is 1. The van der Waals surface area contributed by atoms with Gasteiger partial charge in [0, 0.05) is 31.3 Å². The molecular formula is C18H22N4O4S. The SMILES string of the molecule is Cc1ccc(=O)n(CC2CCN(C(=O)c3ccc(S(N)(=O)=O)cc3)CC2)n1. The van der Waals surface area contributed by atoms with Crippen LogP contribution in [0.4, 0.5) is 0 Å². The molecule has 0 spiro atoms. The van der Waals surface area contributed by atoms with Crippen LogP contribution < -0.4 is 10.7 Å². The van der Waals surface area contributed by atoms with Crippen LogP contribution in [-0.4, -0.2) is 42.1 Å². The van der Waals surface area contributed by atoms with E-state index < -0.39 is 10.0 Å². The highest BCUT2D eigenvalue weighted by molar-refractivity contribution is 7.89. The first-order valence-corrected chi connectivity index (χ1v) is 10.3. The maximum atomic E-state index is 12.6. The van der Waals surface area contributed by atoms with E-state index in [0.29, 0.717) is 25.2 Å². The van der Waals surface area contributed by atoms with Gasteiger partial charge in [-0.2, -0.15) is 5.10 Å². The molecule has 2 N–H and O–H groups in total. The quantitative estimate of drug-likeness (QED) is 0.827. The molecule has 1 aliphatic rings. The molecule has 27 heavy (non-hydrogen) atoms. The first-order valence-electron chi connectivity index (χ1n) is 8.71. The number of piperidine rings is 1.